The SMILES string of the molecule is Cc1cc(N=c2oc3cc(O)ccc3cc2C(=O)NCC2CCCO2)ccc1Cl. The van der Waals surface area contributed by atoms with Crippen molar-refractivity contribution in [2.75, 3.05) is 13.2 Å². The molecule has 1 aliphatic heterocycles. The molecule has 4 rings (SSSR count). The maximum Gasteiger partial charge on any atom is 0.256 e. The third-order valence-corrected chi connectivity index (χ3v) is 5.29. The van der Waals surface area contributed by atoms with Crippen LogP contribution in [0.15, 0.2) is 51.9 Å². The lowest BCUT2D eigenvalue weighted by molar-refractivity contribution is 0.0854. The molecule has 0 saturated carbocycles. The van der Waals surface area contributed by atoms with Crippen molar-refractivity contribution >= 4 is 34.2 Å². The molecule has 0 radical (unpaired) electrons. The molecule has 29 heavy (non-hydrogen) atoms. The highest BCUT2D eigenvalue weighted by atomic mass is 35.5. The summed E-state index contributed by atoms with van der Waals surface area (Å²) in [6.45, 7) is 3.05. The van der Waals surface area contributed by atoms with Gasteiger partial charge in [-0.2, -0.15) is 0 Å². The number of aryl methyl sites for hydroxylation is 1. The highest BCUT2D eigenvalue weighted by Gasteiger charge is 2.18. The number of hydrogen-bond acceptors (Lipinski definition) is 5. The number of ether oxygens (including phenoxy) is 1. The fraction of sp³-hybridized carbons (Fsp3) is 0.273. The lowest BCUT2D eigenvalue weighted by Crippen LogP contribution is -2.34. The van der Waals surface area contributed by atoms with Gasteiger partial charge in [0.1, 0.15) is 16.9 Å². The van der Waals surface area contributed by atoms with Gasteiger partial charge in [-0.15, -0.1) is 0 Å². The summed E-state index contributed by atoms with van der Waals surface area (Å²) in [6.07, 6.45) is 1.97. The largest absolute Gasteiger partial charge is 0.508 e. The quantitative estimate of drug-likeness (QED) is 0.671. The van der Waals surface area contributed by atoms with E-state index in [1.807, 2.05) is 13.0 Å². The number of amides is 1. The van der Waals surface area contributed by atoms with Crippen LogP contribution in [0.1, 0.15) is 28.8 Å². The molecule has 150 valence electrons. The number of nitrogens with one attached hydrogen (secondary N) is 1. The molecule has 7 heteroatoms. The Morgan fingerprint density at radius 1 is 1.28 bits per heavy atom. The number of hydrogen-bond donors (Lipinski definition) is 2. The van der Waals surface area contributed by atoms with E-state index in [2.05, 4.69) is 10.3 Å². The summed E-state index contributed by atoms with van der Waals surface area (Å²) in [5.74, 6) is -0.214. The van der Waals surface area contributed by atoms with Gasteiger partial charge in [0.2, 0.25) is 5.55 Å². The second kappa shape index (κ2) is 8.27. The van der Waals surface area contributed by atoms with Gasteiger partial charge in [-0.05, 0) is 61.7 Å². The molecule has 1 unspecified atom stereocenters. The predicted molar refractivity (Wildman–Crippen MR) is 111 cm³/mol. The van der Waals surface area contributed by atoms with Crippen molar-refractivity contribution in [3.8, 4) is 5.75 Å². The first-order chi connectivity index (χ1) is 14.0. The van der Waals surface area contributed by atoms with Gasteiger partial charge in [-0.1, -0.05) is 11.6 Å². The average Bonchev–Trinajstić information content (AvgIpc) is 3.22. The first-order valence-electron chi connectivity index (χ1n) is 9.47. The van der Waals surface area contributed by atoms with E-state index >= 15 is 0 Å². The third kappa shape index (κ3) is 4.44. The van der Waals surface area contributed by atoms with Gasteiger partial charge in [0.25, 0.3) is 5.91 Å². The van der Waals surface area contributed by atoms with Crippen LogP contribution in [-0.4, -0.2) is 30.3 Å². The van der Waals surface area contributed by atoms with Crippen molar-refractivity contribution in [1.82, 2.24) is 5.32 Å². The van der Waals surface area contributed by atoms with Crippen molar-refractivity contribution in [2.24, 2.45) is 4.99 Å². The van der Waals surface area contributed by atoms with Crippen LogP contribution in [0.5, 0.6) is 5.75 Å². The Hall–Kier alpha value is -2.83. The van der Waals surface area contributed by atoms with Gasteiger partial charge in [0.15, 0.2) is 0 Å². The summed E-state index contributed by atoms with van der Waals surface area (Å²) < 4.78 is 11.5. The molecule has 6 nitrogen and oxygen atoms in total. The van der Waals surface area contributed by atoms with Crippen LogP contribution in [0, 0.1) is 6.92 Å². The fourth-order valence-electron chi connectivity index (χ4n) is 3.28. The van der Waals surface area contributed by atoms with Crippen molar-refractivity contribution in [1.29, 1.82) is 0 Å². The molecular weight excluding hydrogens is 392 g/mol. The van der Waals surface area contributed by atoms with Crippen LogP contribution in [0.4, 0.5) is 5.69 Å². The van der Waals surface area contributed by atoms with Crippen molar-refractivity contribution in [2.45, 2.75) is 25.9 Å². The maximum absolute atomic E-state index is 12.9. The zero-order chi connectivity index (χ0) is 20.4. The van der Waals surface area contributed by atoms with Crippen LogP contribution in [0.25, 0.3) is 11.0 Å². The second-order valence-corrected chi connectivity index (χ2v) is 7.48. The van der Waals surface area contributed by atoms with Crippen LogP contribution >= 0.6 is 11.6 Å². The zero-order valence-electron chi connectivity index (χ0n) is 15.9. The van der Waals surface area contributed by atoms with Gasteiger partial charge in [0, 0.05) is 29.6 Å². The number of fused-ring (bicyclic) bond motifs is 1. The van der Waals surface area contributed by atoms with E-state index in [1.165, 1.54) is 6.07 Å². The van der Waals surface area contributed by atoms with Crippen molar-refractivity contribution < 1.29 is 19.1 Å². The molecule has 1 fully saturated rings. The lowest BCUT2D eigenvalue weighted by Gasteiger charge is -2.11. The Morgan fingerprint density at radius 2 is 2.14 bits per heavy atom. The van der Waals surface area contributed by atoms with Crippen LogP contribution in [0.3, 0.4) is 0 Å². The molecule has 3 aromatic rings. The number of carbonyl (C=O) groups is 1. The molecule has 1 aliphatic rings. The molecule has 0 bridgehead atoms. The highest BCUT2D eigenvalue weighted by Crippen LogP contribution is 2.23. The summed E-state index contributed by atoms with van der Waals surface area (Å²) in [7, 11) is 0. The number of benzene rings is 2. The van der Waals surface area contributed by atoms with Crippen LogP contribution < -0.4 is 10.9 Å². The normalized spacial score (nSPS) is 17.0. The lowest BCUT2D eigenvalue weighted by atomic mass is 10.1. The van der Waals surface area contributed by atoms with E-state index in [1.54, 1.807) is 30.3 Å². The number of phenolic OH excluding ortho intramolecular Hbond substituents is 1. The minimum atomic E-state index is -0.288. The predicted octanol–water partition coefficient (Wildman–Crippen LogP) is 4.24. The Labute approximate surface area is 172 Å². The number of phenols is 1. The summed E-state index contributed by atoms with van der Waals surface area (Å²) in [5.41, 5.74) is 2.40. The number of aromatic hydroxyl groups is 1. The molecule has 1 amide bonds. The molecule has 0 spiro atoms. The smallest absolute Gasteiger partial charge is 0.256 e. The minimum absolute atomic E-state index is 0.0348. The summed E-state index contributed by atoms with van der Waals surface area (Å²) in [5, 5.41) is 14.0. The van der Waals surface area contributed by atoms with Gasteiger partial charge in [0.05, 0.1) is 11.8 Å². The number of nitrogens with zero attached hydrogens (tertiary/aromatic N) is 1. The Kier molecular flexibility index (Phi) is 5.56. The van der Waals surface area contributed by atoms with Crippen LogP contribution in [-0.2, 0) is 4.74 Å². The molecule has 2 N–H and O–H groups in total. The minimum Gasteiger partial charge on any atom is -0.508 e. The van der Waals surface area contributed by atoms with Gasteiger partial charge in [-0.25, -0.2) is 4.99 Å². The molecule has 1 aromatic heterocycles. The van der Waals surface area contributed by atoms with E-state index < -0.39 is 0 Å². The van der Waals surface area contributed by atoms with E-state index in [4.69, 9.17) is 20.8 Å². The fourth-order valence-corrected chi connectivity index (χ4v) is 3.39. The van der Waals surface area contributed by atoms with Crippen molar-refractivity contribution in [3.63, 3.8) is 0 Å². The number of rotatable bonds is 4. The average molecular weight is 413 g/mol. The maximum atomic E-state index is 12.9. The van der Waals surface area contributed by atoms with Gasteiger partial charge < -0.3 is 19.6 Å². The first-order valence-corrected chi connectivity index (χ1v) is 9.85. The monoisotopic (exact) mass is 412 g/mol. The van der Waals surface area contributed by atoms with Crippen LogP contribution in [0.2, 0.25) is 5.02 Å². The number of carbonyl (C=O) groups excluding carboxylic acids is 1. The third-order valence-electron chi connectivity index (χ3n) is 4.87. The van der Waals surface area contributed by atoms with E-state index in [0.29, 0.717) is 33.8 Å². The summed E-state index contributed by atoms with van der Waals surface area (Å²) >= 11 is 6.10. The Morgan fingerprint density at radius 3 is 2.90 bits per heavy atom. The van der Waals surface area contributed by atoms with Gasteiger partial charge >= 0.3 is 0 Å². The Balaban J connectivity index is 1.76. The molecular formula is C22H21ClN2O4. The van der Waals surface area contributed by atoms with E-state index in [9.17, 15) is 9.90 Å². The van der Waals surface area contributed by atoms with E-state index in [0.717, 1.165) is 25.0 Å². The second-order valence-electron chi connectivity index (χ2n) is 7.08. The highest BCUT2D eigenvalue weighted by molar-refractivity contribution is 6.31. The summed E-state index contributed by atoms with van der Waals surface area (Å²) in [4.78, 5) is 17.4. The van der Waals surface area contributed by atoms with Gasteiger partial charge in [-0.3, -0.25) is 4.79 Å². The zero-order valence-corrected chi connectivity index (χ0v) is 16.7. The van der Waals surface area contributed by atoms with Crippen molar-refractivity contribution in [3.05, 3.63) is 64.2 Å². The molecule has 0 aliphatic carbocycles. The van der Waals surface area contributed by atoms with E-state index in [-0.39, 0.29) is 23.3 Å². The molecule has 2 aromatic carbocycles. The first kappa shape index (κ1) is 19.5. The molecule has 1 saturated heterocycles. The molecule has 2 heterocycles. The Bertz CT molecular complexity index is 1130. The number of halogens is 1. The summed E-state index contributed by atoms with van der Waals surface area (Å²) in [6, 6.07) is 11.8. The topological polar surface area (TPSA) is 84.1 Å². The standard InChI is InChI=1S/C22H21ClN2O4/c1-13-9-15(5-7-19(13)23)25-22-18(21(27)24-12-17-3-2-8-28-17)10-14-4-6-16(26)11-20(14)29-22/h4-7,9-11,17,26H,2-3,8,12H2,1H3,(H,24,27). The molecule has 1 atom stereocenters.